The summed E-state index contributed by atoms with van der Waals surface area (Å²) in [5.41, 5.74) is 1.88. The largest absolute Gasteiger partial charge is 0.343 e. The zero-order chi connectivity index (χ0) is 11.3. The first kappa shape index (κ1) is 10.7. The van der Waals surface area contributed by atoms with E-state index in [2.05, 4.69) is 62.8 Å². The van der Waals surface area contributed by atoms with Gasteiger partial charge in [0, 0.05) is 18.4 Å². The summed E-state index contributed by atoms with van der Waals surface area (Å²) in [6.07, 6.45) is 2.20. The molecule has 1 unspecified atom stereocenters. The maximum Gasteiger partial charge on any atom is 0.0525 e. The van der Waals surface area contributed by atoms with Gasteiger partial charge in [-0.2, -0.15) is 0 Å². The van der Waals surface area contributed by atoms with Crippen molar-refractivity contribution in [3.05, 3.63) is 24.0 Å². The van der Waals surface area contributed by atoms with E-state index in [-0.39, 0.29) is 11.0 Å². The molecule has 0 saturated heterocycles. The smallest absolute Gasteiger partial charge is 0.0525 e. The Bertz CT molecular complexity index is 355. The van der Waals surface area contributed by atoms with Gasteiger partial charge in [-0.25, -0.2) is 0 Å². The normalized spacial score (nSPS) is 25.0. The minimum atomic E-state index is 0.195. The maximum absolute atomic E-state index is 3.67. The van der Waals surface area contributed by atoms with Gasteiger partial charge in [0.25, 0.3) is 0 Å². The highest BCUT2D eigenvalue weighted by atomic mass is 15.2. The molecule has 0 radical (unpaired) electrons. The molecule has 0 fully saturated rings. The molecule has 2 rings (SSSR count). The minimum Gasteiger partial charge on any atom is -0.343 e. The summed E-state index contributed by atoms with van der Waals surface area (Å²) < 4.78 is 2.42. The van der Waals surface area contributed by atoms with Crippen molar-refractivity contribution in [2.45, 2.75) is 46.2 Å². The van der Waals surface area contributed by atoms with Gasteiger partial charge in [-0.3, -0.25) is 0 Å². The van der Waals surface area contributed by atoms with E-state index >= 15 is 0 Å². The van der Waals surface area contributed by atoms with E-state index in [1.807, 2.05) is 0 Å². The van der Waals surface area contributed by atoms with Crippen molar-refractivity contribution >= 4 is 0 Å². The molecule has 0 aliphatic carbocycles. The third kappa shape index (κ3) is 1.71. The van der Waals surface area contributed by atoms with Crippen molar-refractivity contribution in [2.24, 2.45) is 5.41 Å². The lowest BCUT2D eigenvalue weighted by molar-refractivity contribution is 0.180. The summed E-state index contributed by atoms with van der Waals surface area (Å²) in [5, 5.41) is 3.67. The van der Waals surface area contributed by atoms with Crippen LogP contribution in [0.4, 0.5) is 0 Å². The third-order valence-corrected chi connectivity index (χ3v) is 3.33. The Labute approximate surface area is 92.7 Å². The minimum absolute atomic E-state index is 0.195. The van der Waals surface area contributed by atoms with Gasteiger partial charge >= 0.3 is 0 Å². The molecule has 1 aliphatic heterocycles. The second-order valence-electron chi connectivity index (χ2n) is 6.30. The zero-order valence-electron chi connectivity index (χ0n) is 10.5. The summed E-state index contributed by atoms with van der Waals surface area (Å²) in [6.45, 7) is 12.5. The van der Waals surface area contributed by atoms with Gasteiger partial charge in [-0.1, -0.05) is 20.8 Å². The van der Waals surface area contributed by atoms with E-state index < -0.39 is 0 Å². The Balaban J connectivity index is 2.45. The molecule has 2 nitrogen and oxygen atoms in total. The number of hydrogen-bond acceptors (Lipinski definition) is 1. The molecule has 2 heterocycles. The van der Waals surface area contributed by atoms with Crippen LogP contribution in [0.15, 0.2) is 18.3 Å². The van der Waals surface area contributed by atoms with E-state index in [0.717, 1.165) is 6.54 Å². The van der Waals surface area contributed by atoms with Crippen LogP contribution in [-0.2, 0) is 5.54 Å². The Morgan fingerprint density at radius 1 is 1.40 bits per heavy atom. The van der Waals surface area contributed by atoms with Crippen molar-refractivity contribution in [1.82, 2.24) is 9.88 Å². The standard InChI is InChI=1S/C13H22N2/c1-12(2,3)11-10-7-6-8-15(10)13(4,5)9-14-11/h6-8,11,14H,9H2,1-5H3. The van der Waals surface area contributed by atoms with Crippen LogP contribution in [0.5, 0.6) is 0 Å². The number of fused-ring (bicyclic) bond motifs is 1. The fraction of sp³-hybridized carbons (Fsp3) is 0.692. The Hall–Kier alpha value is -0.760. The number of hydrogen-bond donors (Lipinski definition) is 1. The Morgan fingerprint density at radius 2 is 2.07 bits per heavy atom. The molecule has 2 heteroatoms. The van der Waals surface area contributed by atoms with Gasteiger partial charge in [0.15, 0.2) is 0 Å². The number of nitrogens with zero attached hydrogens (tertiary/aromatic N) is 1. The predicted molar refractivity (Wildman–Crippen MR) is 64.0 cm³/mol. The fourth-order valence-electron chi connectivity index (χ4n) is 2.47. The van der Waals surface area contributed by atoms with Crippen LogP contribution in [0, 0.1) is 5.41 Å². The molecular formula is C13H22N2. The Morgan fingerprint density at radius 3 is 2.67 bits per heavy atom. The fourth-order valence-corrected chi connectivity index (χ4v) is 2.47. The van der Waals surface area contributed by atoms with Crippen LogP contribution in [0.3, 0.4) is 0 Å². The van der Waals surface area contributed by atoms with Gasteiger partial charge in [0.05, 0.1) is 11.6 Å². The topological polar surface area (TPSA) is 17.0 Å². The monoisotopic (exact) mass is 206 g/mol. The van der Waals surface area contributed by atoms with Crippen LogP contribution in [0.2, 0.25) is 0 Å². The van der Waals surface area contributed by atoms with Gasteiger partial charge < -0.3 is 9.88 Å². The van der Waals surface area contributed by atoms with E-state index in [1.54, 1.807) is 0 Å². The van der Waals surface area contributed by atoms with Gasteiger partial charge in [0.2, 0.25) is 0 Å². The second-order valence-corrected chi connectivity index (χ2v) is 6.30. The maximum atomic E-state index is 3.67. The van der Waals surface area contributed by atoms with Gasteiger partial charge in [-0.15, -0.1) is 0 Å². The first-order valence-electron chi connectivity index (χ1n) is 5.73. The van der Waals surface area contributed by atoms with Crippen molar-refractivity contribution < 1.29 is 0 Å². The van der Waals surface area contributed by atoms with Crippen LogP contribution in [0.25, 0.3) is 0 Å². The molecule has 0 bridgehead atoms. The first-order valence-corrected chi connectivity index (χ1v) is 5.73. The van der Waals surface area contributed by atoms with Crippen LogP contribution in [-0.4, -0.2) is 11.1 Å². The molecule has 0 spiro atoms. The molecule has 0 saturated carbocycles. The molecule has 0 amide bonds. The molecular weight excluding hydrogens is 184 g/mol. The van der Waals surface area contributed by atoms with Crippen molar-refractivity contribution in [3.8, 4) is 0 Å². The van der Waals surface area contributed by atoms with Crippen molar-refractivity contribution in [2.75, 3.05) is 6.54 Å². The molecule has 0 aromatic carbocycles. The van der Waals surface area contributed by atoms with Crippen LogP contribution >= 0.6 is 0 Å². The zero-order valence-corrected chi connectivity index (χ0v) is 10.5. The molecule has 1 N–H and O–H groups in total. The highest BCUT2D eigenvalue weighted by Crippen LogP contribution is 2.38. The van der Waals surface area contributed by atoms with Crippen LogP contribution < -0.4 is 5.32 Å². The second kappa shape index (κ2) is 3.11. The van der Waals surface area contributed by atoms with Gasteiger partial charge in [0.1, 0.15) is 0 Å². The summed E-state index contributed by atoms with van der Waals surface area (Å²) in [7, 11) is 0. The summed E-state index contributed by atoms with van der Waals surface area (Å²) in [4.78, 5) is 0. The molecule has 1 atom stereocenters. The van der Waals surface area contributed by atoms with Crippen molar-refractivity contribution in [1.29, 1.82) is 0 Å². The van der Waals surface area contributed by atoms with E-state index in [4.69, 9.17) is 0 Å². The highest BCUT2D eigenvalue weighted by molar-refractivity contribution is 5.20. The molecule has 15 heavy (non-hydrogen) atoms. The first-order chi connectivity index (χ1) is 6.82. The molecule has 84 valence electrons. The van der Waals surface area contributed by atoms with Crippen molar-refractivity contribution in [3.63, 3.8) is 0 Å². The van der Waals surface area contributed by atoms with E-state index in [1.165, 1.54) is 5.69 Å². The molecule has 1 aromatic heterocycles. The van der Waals surface area contributed by atoms with E-state index in [9.17, 15) is 0 Å². The number of rotatable bonds is 0. The lowest BCUT2D eigenvalue weighted by Gasteiger charge is -2.43. The van der Waals surface area contributed by atoms with E-state index in [0.29, 0.717) is 6.04 Å². The number of nitrogens with one attached hydrogen (secondary N) is 1. The van der Waals surface area contributed by atoms with Gasteiger partial charge in [-0.05, 0) is 31.4 Å². The lowest BCUT2D eigenvalue weighted by Crippen LogP contribution is -2.49. The lowest BCUT2D eigenvalue weighted by atomic mass is 9.82. The van der Waals surface area contributed by atoms with Crippen LogP contribution in [0.1, 0.15) is 46.4 Å². The molecule has 1 aromatic rings. The third-order valence-electron chi connectivity index (χ3n) is 3.33. The summed E-state index contributed by atoms with van der Waals surface area (Å²) in [6, 6.07) is 4.85. The average molecular weight is 206 g/mol. The SMILES string of the molecule is CC(C)(C)C1NCC(C)(C)n2cccc21. The number of aromatic nitrogens is 1. The summed E-state index contributed by atoms with van der Waals surface area (Å²) >= 11 is 0. The summed E-state index contributed by atoms with van der Waals surface area (Å²) in [5.74, 6) is 0. The average Bonchev–Trinajstić information content (AvgIpc) is 2.50. The Kier molecular flexibility index (Phi) is 2.23. The highest BCUT2D eigenvalue weighted by Gasteiger charge is 2.36. The predicted octanol–water partition coefficient (Wildman–Crippen LogP) is 2.91. The quantitative estimate of drug-likeness (QED) is 0.690. The molecule has 1 aliphatic rings.